The summed E-state index contributed by atoms with van der Waals surface area (Å²) < 4.78 is 12.2. The fourth-order valence-corrected chi connectivity index (χ4v) is 0.999. The van der Waals surface area contributed by atoms with E-state index in [2.05, 4.69) is 0 Å². The highest BCUT2D eigenvalue weighted by Gasteiger charge is 2.13. The lowest BCUT2D eigenvalue weighted by Crippen LogP contribution is -1.84. The molecule has 0 aliphatic heterocycles. The Morgan fingerprint density at radius 1 is 1.78 bits per heavy atom. The second-order valence-corrected chi connectivity index (χ2v) is 2.23. The van der Waals surface area contributed by atoms with Gasteiger partial charge in [0, 0.05) is 5.38 Å². The highest BCUT2D eigenvalue weighted by atomic mass is 32.1. The summed E-state index contributed by atoms with van der Waals surface area (Å²) in [6, 6.07) is 1.07. The molecule has 0 bridgehead atoms. The molecule has 0 saturated carbocycles. The molecule has 0 aromatic carbocycles. The Morgan fingerprint density at radius 3 is 2.67 bits per heavy atom. The molecule has 5 heteroatoms. The molecule has 1 aromatic rings. The largest absolute Gasteiger partial charge is 0.359 e. The number of halogens is 1. The van der Waals surface area contributed by atoms with Crippen LogP contribution >= 0.6 is 11.3 Å². The first-order chi connectivity index (χ1) is 4.22. The second kappa shape index (κ2) is 2.10. The summed E-state index contributed by atoms with van der Waals surface area (Å²) in [6.07, 6.45) is 0. The third kappa shape index (κ3) is 1.05. The number of thiophene rings is 1. The van der Waals surface area contributed by atoms with Crippen LogP contribution in [0.3, 0.4) is 0 Å². The van der Waals surface area contributed by atoms with Crippen molar-refractivity contribution >= 4 is 16.3 Å². The zero-order valence-corrected chi connectivity index (χ0v) is 5.02. The van der Waals surface area contributed by atoms with Crippen LogP contribution in [0.2, 0.25) is 0 Å². The highest BCUT2D eigenvalue weighted by Crippen LogP contribution is 2.22. The summed E-state index contributed by atoms with van der Waals surface area (Å²) >= 11 is 0.784. The fraction of sp³-hybridized carbons (Fsp3) is 0. The van der Waals surface area contributed by atoms with Crippen molar-refractivity contribution in [2.75, 3.05) is 0 Å². The molecule has 0 fully saturated rings. The van der Waals surface area contributed by atoms with E-state index in [1.807, 2.05) is 0 Å². The van der Waals surface area contributed by atoms with Crippen molar-refractivity contribution in [3.8, 4) is 0 Å². The highest BCUT2D eigenvalue weighted by molar-refractivity contribution is 7.13. The monoisotopic (exact) mass is 147 g/mol. The van der Waals surface area contributed by atoms with Gasteiger partial charge in [0.25, 0.3) is 0 Å². The van der Waals surface area contributed by atoms with Crippen LogP contribution in [0.15, 0.2) is 11.4 Å². The maximum Gasteiger partial charge on any atom is 0.359 e. The van der Waals surface area contributed by atoms with Gasteiger partial charge in [-0.2, -0.15) is 4.39 Å². The predicted octanol–water partition coefficient (Wildman–Crippen LogP) is 1.80. The Balaban J connectivity index is 3.08. The molecule has 0 amide bonds. The molecule has 0 aliphatic carbocycles. The van der Waals surface area contributed by atoms with E-state index in [1.165, 1.54) is 5.38 Å². The van der Waals surface area contributed by atoms with E-state index >= 15 is 0 Å². The fourth-order valence-electron chi connectivity index (χ4n) is 0.416. The number of hydrogen-bond donors (Lipinski definition) is 0. The molecule has 0 radical (unpaired) electrons. The van der Waals surface area contributed by atoms with Crippen molar-refractivity contribution in [2.24, 2.45) is 0 Å². The minimum absolute atomic E-state index is 0.421. The topological polar surface area (TPSA) is 43.1 Å². The first-order valence-corrected chi connectivity index (χ1v) is 2.97. The number of rotatable bonds is 1. The lowest BCUT2D eigenvalue weighted by atomic mass is 10.6. The van der Waals surface area contributed by atoms with Crippen molar-refractivity contribution in [3.63, 3.8) is 0 Å². The number of nitro groups is 1. The molecule has 0 atom stereocenters. The van der Waals surface area contributed by atoms with E-state index in [-0.39, 0.29) is 0 Å². The average Bonchev–Trinajstić information content (AvgIpc) is 2.13. The lowest BCUT2D eigenvalue weighted by molar-refractivity contribution is -0.382. The van der Waals surface area contributed by atoms with E-state index in [0.717, 1.165) is 17.4 Å². The molecule has 1 heterocycles. The molecule has 3 nitrogen and oxygen atoms in total. The molecule has 1 aromatic heterocycles. The zero-order chi connectivity index (χ0) is 6.85. The van der Waals surface area contributed by atoms with Crippen molar-refractivity contribution in [3.05, 3.63) is 27.4 Å². The quantitative estimate of drug-likeness (QED) is 0.449. The average molecular weight is 147 g/mol. The second-order valence-electron chi connectivity index (χ2n) is 1.33. The zero-order valence-electron chi connectivity index (χ0n) is 4.20. The molecule has 0 spiro atoms. The van der Waals surface area contributed by atoms with E-state index < -0.39 is 15.7 Å². The number of hydrogen-bond acceptors (Lipinski definition) is 3. The van der Waals surface area contributed by atoms with E-state index in [0.29, 0.717) is 0 Å². The van der Waals surface area contributed by atoms with Crippen LogP contribution in [0.25, 0.3) is 0 Å². The van der Waals surface area contributed by atoms with Gasteiger partial charge in [-0.1, -0.05) is 11.3 Å². The Kier molecular flexibility index (Phi) is 1.44. The summed E-state index contributed by atoms with van der Waals surface area (Å²) in [6.45, 7) is 0. The molecular weight excluding hydrogens is 145 g/mol. The summed E-state index contributed by atoms with van der Waals surface area (Å²) in [7, 11) is 0. The third-order valence-electron chi connectivity index (χ3n) is 0.764. The molecule has 0 N–H and O–H groups in total. The van der Waals surface area contributed by atoms with Crippen molar-refractivity contribution < 1.29 is 9.31 Å². The first-order valence-electron chi connectivity index (χ1n) is 2.09. The minimum atomic E-state index is -0.759. The maximum absolute atomic E-state index is 12.2. The van der Waals surface area contributed by atoms with Gasteiger partial charge in [-0.15, -0.1) is 0 Å². The van der Waals surface area contributed by atoms with Crippen LogP contribution in [0.5, 0.6) is 0 Å². The van der Waals surface area contributed by atoms with E-state index in [4.69, 9.17) is 0 Å². The van der Waals surface area contributed by atoms with Crippen LogP contribution < -0.4 is 0 Å². The van der Waals surface area contributed by atoms with Gasteiger partial charge in [-0.25, -0.2) is 0 Å². The third-order valence-corrected chi connectivity index (χ3v) is 1.60. The van der Waals surface area contributed by atoms with Crippen molar-refractivity contribution in [2.45, 2.75) is 0 Å². The van der Waals surface area contributed by atoms with Gasteiger partial charge in [0.05, 0.1) is 4.92 Å². The van der Waals surface area contributed by atoms with Gasteiger partial charge in [0.15, 0.2) is 0 Å². The van der Waals surface area contributed by atoms with Gasteiger partial charge in [0.2, 0.25) is 5.82 Å². The van der Waals surface area contributed by atoms with Gasteiger partial charge < -0.3 is 0 Å². The van der Waals surface area contributed by atoms with Crippen LogP contribution in [0, 0.1) is 15.9 Å². The maximum atomic E-state index is 12.2. The van der Waals surface area contributed by atoms with Crippen LogP contribution in [-0.2, 0) is 0 Å². The minimum Gasteiger partial charge on any atom is -0.257 e. The molecule has 0 saturated heterocycles. The normalized spacial score (nSPS) is 9.44. The molecular formula is C4H2FNO2S. The van der Waals surface area contributed by atoms with Crippen molar-refractivity contribution in [1.29, 1.82) is 0 Å². The van der Waals surface area contributed by atoms with Crippen LogP contribution in [0.4, 0.5) is 9.39 Å². The molecule has 0 aliphatic rings. The Morgan fingerprint density at radius 2 is 2.44 bits per heavy atom. The predicted molar refractivity (Wildman–Crippen MR) is 30.9 cm³/mol. The van der Waals surface area contributed by atoms with Gasteiger partial charge in [-0.05, 0) is 6.07 Å². The summed E-state index contributed by atoms with van der Waals surface area (Å²) in [5.41, 5.74) is 0. The standard InChI is InChI=1S/C4H2FNO2S/c5-3-1-2-9-4(3)6(7)8/h1-2H. The van der Waals surface area contributed by atoms with Crippen molar-refractivity contribution in [1.82, 2.24) is 0 Å². The van der Waals surface area contributed by atoms with Crippen LogP contribution in [-0.4, -0.2) is 4.92 Å². The molecule has 1 rings (SSSR count). The Bertz CT molecular complexity index is 234. The summed E-state index contributed by atoms with van der Waals surface area (Å²) in [5.74, 6) is -0.759. The van der Waals surface area contributed by atoms with E-state index in [1.54, 1.807) is 0 Å². The Labute approximate surface area is 53.9 Å². The molecule has 48 valence electrons. The van der Waals surface area contributed by atoms with Crippen LogP contribution in [0.1, 0.15) is 0 Å². The summed E-state index contributed by atoms with van der Waals surface area (Å²) in [5, 5.41) is 10.8. The smallest absolute Gasteiger partial charge is 0.257 e. The summed E-state index contributed by atoms with van der Waals surface area (Å²) in [4.78, 5) is 9.12. The molecule has 0 unspecified atom stereocenters. The van der Waals surface area contributed by atoms with Gasteiger partial charge >= 0.3 is 5.00 Å². The lowest BCUT2D eigenvalue weighted by Gasteiger charge is -1.80. The van der Waals surface area contributed by atoms with E-state index in [9.17, 15) is 14.5 Å². The molecule has 9 heavy (non-hydrogen) atoms. The van der Waals surface area contributed by atoms with Gasteiger partial charge in [-0.3, -0.25) is 10.1 Å². The van der Waals surface area contributed by atoms with Gasteiger partial charge in [0.1, 0.15) is 0 Å². The number of nitrogens with zero attached hydrogens (tertiary/aromatic N) is 1. The first kappa shape index (κ1) is 6.15. The SMILES string of the molecule is O=[N+]([O-])c1sccc1F. The Hall–Kier alpha value is -0.970.